The Morgan fingerprint density at radius 1 is 0.840 bits per heavy atom. The molecule has 1 atom stereocenters. The van der Waals surface area contributed by atoms with Crippen LogP contribution in [0.1, 0.15) is 24.5 Å². The van der Waals surface area contributed by atoms with Gasteiger partial charge in [0.2, 0.25) is 11.8 Å². The number of carbonyl (C=O) groups is 2. The Hall–Kier alpha value is -2.66. The molecule has 0 unspecified atom stereocenters. The van der Waals surface area contributed by atoms with Crippen LogP contribution in [0.2, 0.25) is 0 Å². The summed E-state index contributed by atoms with van der Waals surface area (Å²) >= 11 is 0. The van der Waals surface area contributed by atoms with Gasteiger partial charge in [0.05, 0.1) is 12.6 Å². The normalized spacial score (nSPS) is 11.6. The Bertz CT molecular complexity index is 659. The molecule has 0 spiro atoms. The number of benzene rings is 2. The molecule has 0 radical (unpaired) electrons. The fourth-order valence-corrected chi connectivity index (χ4v) is 2.41. The molecule has 132 valence electrons. The van der Waals surface area contributed by atoms with E-state index in [0.717, 1.165) is 11.1 Å². The van der Waals surface area contributed by atoms with E-state index in [2.05, 4.69) is 16.0 Å². The zero-order chi connectivity index (χ0) is 17.9. The van der Waals surface area contributed by atoms with E-state index in [4.69, 9.17) is 0 Å². The monoisotopic (exact) mass is 339 g/mol. The van der Waals surface area contributed by atoms with E-state index in [1.165, 1.54) is 0 Å². The molecule has 0 aliphatic heterocycles. The lowest BCUT2D eigenvalue weighted by atomic mass is 10.1. The van der Waals surface area contributed by atoms with Gasteiger partial charge in [-0.15, -0.1) is 0 Å². The van der Waals surface area contributed by atoms with Gasteiger partial charge in [-0.2, -0.15) is 0 Å². The van der Waals surface area contributed by atoms with Crippen molar-refractivity contribution in [2.75, 3.05) is 6.54 Å². The zero-order valence-corrected chi connectivity index (χ0v) is 14.5. The highest BCUT2D eigenvalue weighted by atomic mass is 16.2. The Morgan fingerprint density at radius 3 is 1.96 bits per heavy atom. The Kier molecular flexibility index (Phi) is 7.66. The van der Waals surface area contributed by atoms with Crippen LogP contribution in [0.4, 0.5) is 0 Å². The summed E-state index contributed by atoms with van der Waals surface area (Å²) in [6.07, 6.45) is 0.657. The first-order valence-electron chi connectivity index (χ1n) is 8.54. The first-order valence-corrected chi connectivity index (χ1v) is 8.54. The maximum absolute atomic E-state index is 12.2. The van der Waals surface area contributed by atoms with Crippen LogP contribution in [-0.4, -0.2) is 24.4 Å². The first-order chi connectivity index (χ1) is 12.2. The van der Waals surface area contributed by atoms with E-state index in [1.807, 2.05) is 67.6 Å². The molecule has 0 saturated carbocycles. The number of amides is 2. The fourth-order valence-electron chi connectivity index (χ4n) is 2.41. The van der Waals surface area contributed by atoms with Gasteiger partial charge in [0, 0.05) is 13.1 Å². The van der Waals surface area contributed by atoms with Crippen LogP contribution in [0, 0.1) is 0 Å². The largest absolute Gasteiger partial charge is 0.350 e. The third kappa shape index (κ3) is 6.77. The molecule has 2 amide bonds. The lowest BCUT2D eigenvalue weighted by Crippen LogP contribution is -2.46. The minimum atomic E-state index is -0.317. The highest BCUT2D eigenvalue weighted by Crippen LogP contribution is 2.00. The lowest BCUT2D eigenvalue weighted by Gasteiger charge is -2.16. The highest BCUT2D eigenvalue weighted by Gasteiger charge is 2.16. The van der Waals surface area contributed by atoms with Crippen LogP contribution < -0.4 is 16.0 Å². The summed E-state index contributed by atoms with van der Waals surface area (Å²) < 4.78 is 0. The van der Waals surface area contributed by atoms with Crippen molar-refractivity contribution in [1.29, 1.82) is 0 Å². The quantitative estimate of drug-likeness (QED) is 0.654. The summed E-state index contributed by atoms with van der Waals surface area (Å²) in [6, 6.07) is 19.3. The second-order valence-electron chi connectivity index (χ2n) is 5.81. The molecular formula is C20H25N3O2. The van der Waals surface area contributed by atoms with Crippen LogP contribution >= 0.6 is 0 Å². The number of rotatable bonds is 9. The highest BCUT2D eigenvalue weighted by molar-refractivity contribution is 5.87. The van der Waals surface area contributed by atoms with Crippen molar-refractivity contribution in [1.82, 2.24) is 16.0 Å². The summed E-state index contributed by atoms with van der Waals surface area (Å²) in [5.41, 5.74) is 2.15. The third-order valence-corrected chi connectivity index (χ3v) is 3.88. The summed E-state index contributed by atoms with van der Waals surface area (Å²) in [7, 11) is 0. The second kappa shape index (κ2) is 10.3. The van der Waals surface area contributed by atoms with E-state index in [-0.39, 0.29) is 24.4 Å². The minimum absolute atomic E-state index is 0.0187. The van der Waals surface area contributed by atoms with Gasteiger partial charge in [-0.05, 0) is 17.5 Å². The average molecular weight is 339 g/mol. The van der Waals surface area contributed by atoms with Crippen LogP contribution in [-0.2, 0) is 22.7 Å². The molecule has 5 heteroatoms. The molecule has 3 N–H and O–H groups in total. The molecule has 5 nitrogen and oxygen atoms in total. The van der Waals surface area contributed by atoms with Crippen molar-refractivity contribution < 1.29 is 9.59 Å². The minimum Gasteiger partial charge on any atom is -0.350 e. The van der Waals surface area contributed by atoms with E-state index in [0.29, 0.717) is 19.5 Å². The van der Waals surface area contributed by atoms with Crippen LogP contribution in [0.15, 0.2) is 60.7 Å². The molecule has 2 rings (SSSR count). The Labute approximate surface area is 148 Å². The summed E-state index contributed by atoms with van der Waals surface area (Å²) in [5.74, 6) is -0.358. The molecule has 0 bridgehead atoms. The topological polar surface area (TPSA) is 70.2 Å². The third-order valence-electron chi connectivity index (χ3n) is 3.88. The standard InChI is InChI=1S/C20H25N3O2/c1-2-18(21-13-16-9-5-3-6-10-16)20(25)23-15-19(24)22-14-17-11-7-4-8-12-17/h3-12,18,21H,2,13-15H2,1H3,(H,22,24)(H,23,25)/t18-/m0/s1. The maximum Gasteiger partial charge on any atom is 0.239 e. The van der Waals surface area contributed by atoms with E-state index in [9.17, 15) is 9.59 Å². The lowest BCUT2D eigenvalue weighted by molar-refractivity contribution is -0.127. The summed E-state index contributed by atoms with van der Waals surface area (Å²) in [4.78, 5) is 24.1. The van der Waals surface area contributed by atoms with Crippen molar-refractivity contribution >= 4 is 11.8 Å². The smallest absolute Gasteiger partial charge is 0.239 e. The van der Waals surface area contributed by atoms with Crippen LogP contribution in [0.25, 0.3) is 0 Å². The summed E-state index contributed by atoms with van der Waals surface area (Å²) in [5, 5.41) is 8.71. The van der Waals surface area contributed by atoms with Crippen molar-refractivity contribution in [3.8, 4) is 0 Å². The predicted molar refractivity (Wildman–Crippen MR) is 98.7 cm³/mol. The number of nitrogens with one attached hydrogen (secondary N) is 3. The van der Waals surface area contributed by atoms with Crippen molar-refractivity contribution in [3.63, 3.8) is 0 Å². The molecule has 2 aromatic carbocycles. The molecule has 0 aliphatic rings. The maximum atomic E-state index is 12.2. The average Bonchev–Trinajstić information content (AvgIpc) is 2.67. The number of hydrogen-bond donors (Lipinski definition) is 3. The summed E-state index contributed by atoms with van der Waals surface area (Å²) in [6.45, 7) is 3.00. The number of hydrogen-bond acceptors (Lipinski definition) is 3. The second-order valence-corrected chi connectivity index (χ2v) is 5.81. The van der Waals surface area contributed by atoms with Crippen molar-refractivity contribution in [3.05, 3.63) is 71.8 Å². The van der Waals surface area contributed by atoms with Gasteiger partial charge in [0.15, 0.2) is 0 Å². The van der Waals surface area contributed by atoms with Crippen molar-refractivity contribution in [2.24, 2.45) is 0 Å². The van der Waals surface area contributed by atoms with Gasteiger partial charge < -0.3 is 16.0 Å². The Balaban J connectivity index is 1.70. The van der Waals surface area contributed by atoms with Crippen LogP contribution in [0.3, 0.4) is 0 Å². The van der Waals surface area contributed by atoms with E-state index >= 15 is 0 Å². The molecule has 0 aromatic heterocycles. The number of carbonyl (C=O) groups excluding carboxylic acids is 2. The van der Waals surface area contributed by atoms with Crippen LogP contribution in [0.5, 0.6) is 0 Å². The fraction of sp³-hybridized carbons (Fsp3) is 0.300. The van der Waals surface area contributed by atoms with Gasteiger partial charge in [-0.1, -0.05) is 67.6 Å². The van der Waals surface area contributed by atoms with Crippen molar-refractivity contribution in [2.45, 2.75) is 32.5 Å². The van der Waals surface area contributed by atoms with Gasteiger partial charge in [0.1, 0.15) is 0 Å². The predicted octanol–water partition coefficient (Wildman–Crippen LogP) is 1.99. The first kappa shape index (κ1) is 18.7. The zero-order valence-electron chi connectivity index (χ0n) is 14.5. The molecule has 0 saturated heterocycles. The SMILES string of the molecule is CC[C@H](NCc1ccccc1)C(=O)NCC(=O)NCc1ccccc1. The Morgan fingerprint density at radius 2 is 1.40 bits per heavy atom. The van der Waals surface area contributed by atoms with Gasteiger partial charge in [-0.3, -0.25) is 9.59 Å². The van der Waals surface area contributed by atoms with Gasteiger partial charge >= 0.3 is 0 Å². The molecule has 0 fully saturated rings. The molecule has 2 aromatic rings. The van der Waals surface area contributed by atoms with E-state index < -0.39 is 0 Å². The molecule has 0 aliphatic carbocycles. The molecule has 0 heterocycles. The van der Waals surface area contributed by atoms with E-state index in [1.54, 1.807) is 0 Å². The van der Waals surface area contributed by atoms with Gasteiger partial charge in [0.25, 0.3) is 0 Å². The van der Waals surface area contributed by atoms with Gasteiger partial charge in [-0.25, -0.2) is 0 Å². The molecule has 25 heavy (non-hydrogen) atoms. The molecular weight excluding hydrogens is 314 g/mol.